The minimum atomic E-state index is -2.48. The number of piperidine rings is 1. The molecule has 13 heteroatoms. The average molecular weight is 779 g/mol. The Morgan fingerprint density at radius 1 is 1.02 bits per heavy atom. The van der Waals surface area contributed by atoms with Gasteiger partial charge in [0, 0.05) is 48.3 Å². The molecule has 1 aliphatic carbocycles. The number of hydrogen-bond donors (Lipinski definition) is 1. The van der Waals surface area contributed by atoms with Crippen LogP contribution >= 0.6 is 0 Å². The zero-order chi connectivity index (χ0) is 40.9. The van der Waals surface area contributed by atoms with Gasteiger partial charge in [0.1, 0.15) is 44.0 Å². The number of anilines is 2. The summed E-state index contributed by atoms with van der Waals surface area (Å²) in [5.74, 6) is -0.284. The van der Waals surface area contributed by atoms with Crippen LogP contribution in [0.4, 0.5) is 33.5 Å². The average Bonchev–Trinajstić information content (AvgIpc) is 3.43. The van der Waals surface area contributed by atoms with Crippen molar-refractivity contribution in [1.82, 2.24) is 19.9 Å². The number of ether oxygens (including phenoxy) is 1. The minimum absolute atomic E-state index is 0.0564. The van der Waals surface area contributed by atoms with Crippen molar-refractivity contribution in [3.05, 3.63) is 47.4 Å². The van der Waals surface area contributed by atoms with Crippen molar-refractivity contribution in [3.8, 4) is 28.7 Å². The summed E-state index contributed by atoms with van der Waals surface area (Å²) in [6.07, 6.45) is 1.26. The Morgan fingerprint density at radius 3 is 2.49 bits per heavy atom. The highest BCUT2D eigenvalue weighted by Crippen LogP contribution is 2.49. The number of fused-ring (bicyclic) bond motifs is 4. The van der Waals surface area contributed by atoms with Gasteiger partial charge in [0.25, 0.3) is 0 Å². The number of nitrogen functional groups attached to an aromatic ring is 1. The second kappa shape index (κ2) is 13.9. The van der Waals surface area contributed by atoms with Gasteiger partial charge in [-0.15, -0.1) is 5.54 Å². The summed E-state index contributed by atoms with van der Waals surface area (Å²) in [7, 11) is -2.45. The Morgan fingerprint density at radius 2 is 1.76 bits per heavy atom. The van der Waals surface area contributed by atoms with Crippen molar-refractivity contribution in [2.45, 2.75) is 114 Å². The van der Waals surface area contributed by atoms with Crippen LogP contribution in [0.2, 0.25) is 16.6 Å². The van der Waals surface area contributed by atoms with Gasteiger partial charge in [0.2, 0.25) is 0 Å². The van der Waals surface area contributed by atoms with E-state index in [1.165, 1.54) is 18.3 Å². The van der Waals surface area contributed by atoms with E-state index in [0.29, 0.717) is 38.8 Å². The molecule has 3 saturated heterocycles. The lowest BCUT2D eigenvalue weighted by atomic mass is 9.95. The molecule has 0 amide bonds. The third-order valence-corrected chi connectivity index (χ3v) is 19.1. The van der Waals surface area contributed by atoms with Crippen molar-refractivity contribution in [3.63, 3.8) is 0 Å². The fourth-order valence-corrected chi connectivity index (χ4v) is 15.4. The molecule has 8 rings (SSSR count). The normalized spacial score (nSPS) is 26.0. The summed E-state index contributed by atoms with van der Waals surface area (Å²) < 4.78 is 103. The third kappa shape index (κ3) is 6.13. The Bertz CT molecular complexity index is 2320. The van der Waals surface area contributed by atoms with E-state index in [2.05, 4.69) is 68.0 Å². The topological polar surface area (TPSA) is 80.4 Å². The Hall–Kier alpha value is -4.02. The van der Waals surface area contributed by atoms with Crippen LogP contribution in [-0.2, 0) is 0 Å². The number of pyridine rings is 1. The van der Waals surface area contributed by atoms with Gasteiger partial charge < -0.3 is 15.4 Å². The zero-order valence-corrected chi connectivity index (χ0v) is 33.1. The molecule has 7 nitrogen and oxygen atoms in total. The molecule has 5 atom stereocenters. The van der Waals surface area contributed by atoms with Gasteiger partial charge in [0.15, 0.2) is 17.5 Å². The second-order valence-electron chi connectivity index (χ2n) is 16.9. The molecule has 0 unspecified atom stereocenters. The highest BCUT2D eigenvalue weighted by atomic mass is 28.3. The molecule has 0 spiro atoms. The largest absolute Gasteiger partial charge is 0.461 e. The van der Waals surface area contributed by atoms with Crippen LogP contribution in [0.15, 0.2) is 24.4 Å². The quantitative estimate of drug-likeness (QED) is 0.0827. The van der Waals surface area contributed by atoms with Gasteiger partial charge in [0.05, 0.1) is 25.3 Å². The Balaban J connectivity index is 1.34. The van der Waals surface area contributed by atoms with E-state index in [9.17, 15) is 4.39 Å². The summed E-state index contributed by atoms with van der Waals surface area (Å²) in [5.41, 5.74) is 8.51. The van der Waals surface area contributed by atoms with Crippen molar-refractivity contribution >= 4 is 41.3 Å². The molecule has 2 aromatic heterocycles. The maximum absolute atomic E-state index is 17.4. The summed E-state index contributed by atoms with van der Waals surface area (Å²) in [4.78, 5) is 17.1. The van der Waals surface area contributed by atoms with Gasteiger partial charge in [-0.25, -0.2) is 22.0 Å². The standard InChI is InChI=1S/C42H49F5N6OSi/c1-22(2)55(23(3)4,24(5)6)14-10-28-33-25(16-32(44)34(28)45)15-27(48)17-30(33)37-36(47)38-31(19-49-37)40(53-13-7-9-29-35(46)39(29)53)51-41(50-38)54-21-42-11-8-12-52(42)20-26(43)18-42/h15-17,19,22-24,26,29,35,39H,7-9,11-13,18,20-21,48H2,1-6H3/t26-,29+,35+,39+,42+/m1/s1/i21D2. The van der Waals surface area contributed by atoms with E-state index >= 15 is 17.6 Å². The molecule has 0 bridgehead atoms. The van der Waals surface area contributed by atoms with Crippen LogP contribution in [0, 0.1) is 34.8 Å². The monoisotopic (exact) mass is 778 g/mol. The molecule has 2 N–H and O–H groups in total. The van der Waals surface area contributed by atoms with Crippen LogP contribution in [0.3, 0.4) is 0 Å². The van der Waals surface area contributed by atoms with E-state index in [1.807, 2.05) is 0 Å². The lowest BCUT2D eigenvalue weighted by Crippen LogP contribution is -2.43. The van der Waals surface area contributed by atoms with Crippen LogP contribution < -0.4 is 15.4 Å². The first-order valence-electron chi connectivity index (χ1n) is 20.5. The van der Waals surface area contributed by atoms with Gasteiger partial charge in [-0.2, -0.15) is 9.97 Å². The van der Waals surface area contributed by atoms with E-state index < -0.39 is 62.0 Å². The second-order valence-corrected chi connectivity index (χ2v) is 22.5. The van der Waals surface area contributed by atoms with Gasteiger partial charge >= 0.3 is 6.01 Å². The number of alkyl halides is 2. The lowest BCUT2D eigenvalue weighted by Gasteiger charge is -2.38. The minimum Gasteiger partial charge on any atom is -0.461 e. The fourth-order valence-electron chi connectivity index (χ4n) is 10.2. The smallest absolute Gasteiger partial charge is 0.319 e. The number of rotatable bonds is 8. The number of hydrogen-bond acceptors (Lipinski definition) is 7. The van der Waals surface area contributed by atoms with Crippen LogP contribution in [-0.4, -0.2) is 78.0 Å². The first-order chi connectivity index (χ1) is 26.9. The van der Waals surface area contributed by atoms with Crippen molar-refractivity contribution in [1.29, 1.82) is 0 Å². The van der Waals surface area contributed by atoms with Gasteiger partial charge in [-0.1, -0.05) is 47.5 Å². The maximum Gasteiger partial charge on any atom is 0.319 e. The van der Waals surface area contributed by atoms with E-state index in [-0.39, 0.29) is 85.5 Å². The highest BCUT2D eigenvalue weighted by Gasteiger charge is 2.57. The fraction of sp³-hybridized carbons (Fsp3) is 0.548. The summed E-state index contributed by atoms with van der Waals surface area (Å²) in [6, 6.07) is 2.92. The summed E-state index contributed by atoms with van der Waals surface area (Å²) >= 11 is 0. The van der Waals surface area contributed by atoms with Crippen LogP contribution in [0.5, 0.6) is 6.01 Å². The number of aromatic nitrogens is 3. The molecule has 1 saturated carbocycles. The first-order valence-corrected chi connectivity index (χ1v) is 21.7. The lowest BCUT2D eigenvalue weighted by molar-refractivity contribution is 0.107. The molecule has 4 aromatic rings. The summed E-state index contributed by atoms with van der Waals surface area (Å²) in [5, 5.41) is 0.467. The van der Waals surface area contributed by atoms with E-state index in [1.54, 1.807) is 9.80 Å². The van der Waals surface area contributed by atoms with E-state index in [0.717, 1.165) is 6.07 Å². The van der Waals surface area contributed by atoms with Crippen molar-refractivity contribution in [2.24, 2.45) is 5.92 Å². The van der Waals surface area contributed by atoms with Gasteiger partial charge in [-0.05, 0) is 72.4 Å². The molecule has 2 aromatic carbocycles. The van der Waals surface area contributed by atoms with Crippen LogP contribution in [0.1, 0.15) is 82.0 Å². The molecule has 0 radical (unpaired) electrons. The summed E-state index contributed by atoms with van der Waals surface area (Å²) in [6.45, 7) is 11.2. The predicted molar refractivity (Wildman–Crippen MR) is 210 cm³/mol. The molecule has 3 aliphatic heterocycles. The number of nitrogens with two attached hydrogens (primary N) is 1. The molecule has 4 fully saturated rings. The molecular formula is C42H49F5N6OSi. The predicted octanol–water partition coefficient (Wildman–Crippen LogP) is 9.31. The molecular weight excluding hydrogens is 728 g/mol. The number of halogens is 5. The van der Waals surface area contributed by atoms with Crippen molar-refractivity contribution in [2.75, 3.05) is 36.8 Å². The first kappa shape index (κ1) is 35.4. The van der Waals surface area contributed by atoms with E-state index in [4.69, 9.17) is 13.2 Å². The van der Waals surface area contributed by atoms with Gasteiger partial charge in [-0.3, -0.25) is 9.88 Å². The molecule has 4 aliphatic rings. The highest BCUT2D eigenvalue weighted by molar-refractivity contribution is 6.90. The molecule has 5 heterocycles. The van der Waals surface area contributed by atoms with Crippen LogP contribution in [0.25, 0.3) is 32.9 Å². The number of benzene rings is 2. The Labute approximate surface area is 323 Å². The Kier molecular flexibility index (Phi) is 8.92. The SMILES string of the molecule is [2H]C([2H])(Oc1nc(N2CCC[C@H]3[C@H](F)[C@H]32)c2cnc(-c3cc(N)cc4cc(F)c(F)c(C#C[Si](C(C)C)(C(C)C)C(C)C)c34)c(F)c2n1)[C@@]12CCCN1C[C@H](F)C2. The van der Waals surface area contributed by atoms with Crippen molar-refractivity contribution < 1.29 is 29.4 Å². The molecule has 55 heavy (non-hydrogen) atoms. The zero-order valence-electron chi connectivity index (χ0n) is 34.1. The number of nitrogens with zero attached hydrogens (tertiary/aromatic N) is 5. The third-order valence-electron chi connectivity index (χ3n) is 12.9. The molecule has 292 valence electrons. The maximum atomic E-state index is 17.4.